The molecular weight excluding hydrogens is 530 g/mol. The first kappa shape index (κ1) is 26.6. The van der Waals surface area contributed by atoms with Crippen LogP contribution in [0.5, 0.6) is 11.5 Å². The number of rotatable bonds is 8. The highest BCUT2D eigenvalue weighted by Crippen LogP contribution is 2.36. The number of nitrogens with one attached hydrogen (secondary N) is 1. The molecule has 0 bridgehead atoms. The van der Waals surface area contributed by atoms with Crippen LogP contribution in [0.25, 0.3) is 33.5 Å². The van der Waals surface area contributed by atoms with Crippen LogP contribution >= 0.6 is 11.6 Å². The number of halogens is 1. The Hall–Kier alpha value is -4.95. The van der Waals surface area contributed by atoms with Crippen molar-refractivity contribution < 1.29 is 23.8 Å². The number of ether oxygens (including phenoxy) is 3. The van der Waals surface area contributed by atoms with E-state index in [1.54, 1.807) is 24.3 Å². The predicted molar refractivity (Wildman–Crippen MR) is 154 cm³/mol. The maximum Gasteiger partial charge on any atom is 0.338 e. The molecule has 0 aliphatic rings. The van der Waals surface area contributed by atoms with Gasteiger partial charge in [-0.05, 0) is 24.3 Å². The number of benzene rings is 4. The van der Waals surface area contributed by atoms with E-state index in [1.165, 1.54) is 20.3 Å². The third-order valence-corrected chi connectivity index (χ3v) is 6.37. The Morgan fingerprint density at radius 3 is 1.95 bits per heavy atom. The number of carbonyl (C=O) groups is 2. The molecule has 1 N–H and O–H groups in total. The van der Waals surface area contributed by atoms with Crippen molar-refractivity contribution in [3.8, 4) is 34.0 Å². The number of methoxy groups -OCH3 is 2. The zero-order valence-corrected chi connectivity index (χ0v) is 22.4. The number of esters is 1. The van der Waals surface area contributed by atoms with Gasteiger partial charge >= 0.3 is 5.97 Å². The molecule has 0 aliphatic heterocycles. The normalized spacial score (nSPS) is 10.7. The average Bonchev–Trinajstić information content (AvgIpc) is 3.00. The fraction of sp³-hybridized carbons (Fsp3) is 0.0968. The molecule has 1 amide bonds. The van der Waals surface area contributed by atoms with Gasteiger partial charge in [-0.2, -0.15) is 0 Å². The molecule has 40 heavy (non-hydrogen) atoms. The topological polar surface area (TPSA) is 99.6 Å². The smallest absolute Gasteiger partial charge is 0.338 e. The van der Waals surface area contributed by atoms with E-state index in [2.05, 4.69) is 5.32 Å². The van der Waals surface area contributed by atoms with Gasteiger partial charge < -0.3 is 19.5 Å². The molecule has 5 aromatic rings. The number of aromatic nitrogens is 2. The fourth-order valence-corrected chi connectivity index (χ4v) is 4.38. The third kappa shape index (κ3) is 5.72. The molecule has 8 nitrogen and oxygen atoms in total. The van der Waals surface area contributed by atoms with Crippen LogP contribution in [0.15, 0.2) is 91.0 Å². The van der Waals surface area contributed by atoms with Gasteiger partial charge in [-0.15, -0.1) is 0 Å². The van der Waals surface area contributed by atoms with E-state index in [1.807, 2.05) is 60.7 Å². The van der Waals surface area contributed by atoms with E-state index in [9.17, 15) is 9.59 Å². The van der Waals surface area contributed by atoms with E-state index >= 15 is 0 Å². The number of carbonyl (C=O) groups excluding carboxylic acids is 2. The van der Waals surface area contributed by atoms with Gasteiger partial charge in [0.25, 0.3) is 5.91 Å². The minimum absolute atomic E-state index is 0.242. The molecule has 1 heterocycles. The Labute approximate surface area is 235 Å². The van der Waals surface area contributed by atoms with Crippen molar-refractivity contribution in [1.82, 2.24) is 9.97 Å². The lowest BCUT2D eigenvalue weighted by atomic mass is 10.0. The fourth-order valence-electron chi connectivity index (χ4n) is 4.13. The lowest BCUT2D eigenvalue weighted by molar-refractivity contribution is -0.119. The number of amides is 1. The Morgan fingerprint density at radius 1 is 0.750 bits per heavy atom. The summed E-state index contributed by atoms with van der Waals surface area (Å²) in [5, 5.41) is 2.92. The predicted octanol–water partition coefficient (Wildman–Crippen LogP) is 6.43. The van der Waals surface area contributed by atoms with E-state index in [4.69, 9.17) is 35.8 Å². The second kappa shape index (κ2) is 11.8. The molecular formula is C31H24ClN3O5. The van der Waals surface area contributed by atoms with Gasteiger partial charge in [0.15, 0.2) is 6.61 Å². The molecule has 0 saturated carbocycles. The molecule has 1 aromatic heterocycles. The highest BCUT2D eigenvalue weighted by molar-refractivity contribution is 6.32. The minimum Gasteiger partial charge on any atom is -0.495 e. The summed E-state index contributed by atoms with van der Waals surface area (Å²) in [6.45, 7) is -0.516. The number of nitrogens with zero attached hydrogens (tertiary/aromatic N) is 2. The number of anilines is 1. The molecule has 4 aromatic carbocycles. The van der Waals surface area contributed by atoms with Crippen molar-refractivity contribution in [1.29, 1.82) is 0 Å². The van der Waals surface area contributed by atoms with Crippen molar-refractivity contribution >= 4 is 40.2 Å². The summed E-state index contributed by atoms with van der Waals surface area (Å²) < 4.78 is 15.7. The summed E-state index contributed by atoms with van der Waals surface area (Å²) in [6, 6.07) is 27.5. The van der Waals surface area contributed by atoms with Crippen molar-refractivity contribution in [2.75, 3.05) is 26.1 Å². The summed E-state index contributed by atoms with van der Waals surface area (Å²) in [5.74, 6) is -0.494. The third-order valence-electron chi connectivity index (χ3n) is 6.08. The Bertz CT molecular complexity index is 1690. The van der Waals surface area contributed by atoms with Gasteiger partial charge in [-0.3, -0.25) is 4.79 Å². The molecule has 0 aliphatic carbocycles. The summed E-state index contributed by atoms with van der Waals surface area (Å²) in [6.07, 6.45) is 0. The Morgan fingerprint density at radius 2 is 1.35 bits per heavy atom. The molecule has 0 atom stereocenters. The molecule has 0 saturated heterocycles. The minimum atomic E-state index is -0.674. The van der Waals surface area contributed by atoms with Gasteiger partial charge in [0, 0.05) is 17.2 Å². The average molecular weight is 554 g/mol. The maximum absolute atomic E-state index is 12.8. The standard InChI is InChI=1S/C31H24ClN3O5/c1-38-26-17-27(39-2)25(16-22(26)32)33-28(36)18-40-31(37)21-13-14-23-24(15-21)35-30(20-11-7-4-8-12-20)29(34-23)19-9-5-3-6-10-19/h3-17H,18H2,1-2H3,(H,33,36). The molecule has 0 fully saturated rings. The summed E-state index contributed by atoms with van der Waals surface area (Å²) in [4.78, 5) is 35.1. The van der Waals surface area contributed by atoms with Gasteiger partial charge in [0.1, 0.15) is 11.5 Å². The first-order valence-electron chi connectivity index (χ1n) is 12.3. The van der Waals surface area contributed by atoms with Gasteiger partial charge in [0.05, 0.1) is 52.9 Å². The second-order valence-corrected chi connectivity index (χ2v) is 9.07. The number of fused-ring (bicyclic) bond motifs is 1. The summed E-state index contributed by atoms with van der Waals surface area (Å²) >= 11 is 6.16. The molecule has 200 valence electrons. The highest BCUT2D eigenvalue weighted by Gasteiger charge is 2.17. The monoisotopic (exact) mass is 553 g/mol. The van der Waals surface area contributed by atoms with Crippen LogP contribution in [0.1, 0.15) is 10.4 Å². The first-order valence-corrected chi connectivity index (χ1v) is 12.7. The second-order valence-electron chi connectivity index (χ2n) is 8.67. The van der Waals surface area contributed by atoms with E-state index < -0.39 is 18.5 Å². The quantitative estimate of drug-likeness (QED) is 0.221. The molecule has 0 radical (unpaired) electrons. The van der Waals surface area contributed by atoms with Crippen LogP contribution < -0.4 is 14.8 Å². The van der Waals surface area contributed by atoms with E-state index in [0.717, 1.165) is 16.8 Å². The molecule has 5 rings (SSSR count). The van der Waals surface area contributed by atoms with Crippen LogP contribution in [0, 0.1) is 0 Å². The lowest BCUT2D eigenvalue weighted by Crippen LogP contribution is -2.21. The van der Waals surface area contributed by atoms with Gasteiger partial charge in [0.2, 0.25) is 0 Å². The zero-order chi connectivity index (χ0) is 28.1. The lowest BCUT2D eigenvalue weighted by Gasteiger charge is -2.13. The van der Waals surface area contributed by atoms with E-state index in [0.29, 0.717) is 33.9 Å². The van der Waals surface area contributed by atoms with Crippen LogP contribution in [0.3, 0.4) is 0 Å². The Kier molecular flexibility index (Phi) is 7.89. The van der Waals surface area contributed by atoms with Gasteiger partial charge in [-0.25, -0.2) is 14.8 Å². The Balaban J connectivity index is 1.37. The largest absolute Gasteiger partial charge is 0.495 e. The van der Waals surface area contributed by atoms with Crippen LogP contribution in [-0.2, 0) is 9.53 Å². The molecule has 0 spiro atoms. The van der Waals surface area contributed by atoms with Crippen molar-refractivity contribution in [3.05, 3.63) is 102 Å². The van der Waals surface area contributed by atoms with Crippen LogP contribution in [0.4, 0.5) is 5.69 Å². The van der Waals surface area contributed by atoms with Crippen molar-refractivity contribution in [2.24, 2.45) is 0 Å². The first-order chi connectivity index (χ1) is 19.5. The van der Waals surface area contributed by atoms with E-state index in [-0.39, 0.29) is 10.6 Å². The molecule has 9 heteroatoms. The number of hydrogen-bond donors (Lipinski definition) is 1. The van der Waals surface area contributed by atoms with Crippen molar-refractivity contribution in [2.45, 2.75) is 0 Å². The summed E-state index contributed by atoms with van der Waals surface area (Å²) in [7, 11) is 2.92. The maximum atomic E-state index is 12.8. The zero-order valence-electron chi connectivity index (χ0n) is 21.7. The van der Waals surface area contributed by atoms with Gasteiger partial charge in [-0.1, -0.05) is 72.3 Å². The van der Waals surface area contributed by atoms with Crippen LogP contribution in [-0.4, -0.2) is 42.7 Å². The summed E-state index contributed by atoms with van der Waals surface area (Å²) in [5.41, 5.74) is 4.96. The molecule has 0 unspecified atom stereocenters. The van der Waals surface area contributed by atoms with Crippen molar-refractivity contribution in [3.63, 3.8) is 0 Å². The number of hydrogen-bond acceptors (Lipinski definition) is 7. The SMILES string of the molecule is COc1cc(OC)c(NC(=O)COC(=O)c2ccc3nc(-c4ccccc4)c(-c4ccccc4)nc3c2)cc1Cl. The van der Waals surface area contributed by atoms with Crippen LogP contribution in [0.2, 0.25) is 5.02 Å². The highest BCUT2D eigenvalue weighted by atomic mass is 35.5.